The Hall–Kier alpha value is -1.94. The molecule has 3 rings (SSSR count). The van der Waals surface area contributed by atoms with Gasteiger partial charge in [-0.15, -0.1) is 0 Å². The van der Waals surface area contributed by atoms with Crippen molar-refractivity contribution < 1.29 is 4.39 Å². The SMILES string of the molecule is Cc1ccc2c(c1)CCCN2c1ncc(F)cc1CN. The van der Waals surface area contributed by atoms with Crippen LogP contribution in [0.1, 0.15) is 23.1 Å². The van der Waals surface area contributed by atoms with E-state index in [0.717, 1.165) is 36.5 Å². The number of hydrogen-bond acceptors (Lipinski definition) is 3. The van der Waals surface area contributed by atoms with E-state index in [2.05, 4.69) is 35.0 Å². The molecular formula is C16H18FN3. The van der Waals surface area contributed by atoms with Crippen molar-refractivity contribution in [2.24, 2.45) is 5.73 Å². The second kappa shape index (κ2) is 5.21. The summed E-state index contributed by atoms with van der Waals surface area (Å²) in [5, 5.41) is 0. The van der Waals surface area contributed by atoms with Crippen molar-refractivity contribution in [3.63, 3.8) is 0 Å². The number of aryl methyl sites for hydroxylation is 2. The quantitative estimate of drug-likeness (QED) is 0.912. The first-order valence-corrected chi connectivity index (χ1v) is 6.90. The van der Waals surface area contributed by atoms with E-state index in [0.29, 0.717) is 0 Å². The van der Waals surface area contributed by atoms with Crippen LogP contribution in [0.15, 0.2) is 30.5 Å². The lowest BCUT2D eigenvalue weighted by molar-refractivity contribution is 0.617. The van der Waals surface area contributed by atoms with Gasteiger partial charge in [-0.2, -0.15) is 0 Å². The molecule has 0 saturated heterocycles. The Morgan fingerprint density at radius 2 is 2.20 bits per heavy atom. The lowest BCUT2D eigenvalue weighted by Crippen LogP contribution is -2.27. The van der Waals surface area contributed by atoms with Crippen molar-refractivity contribution in [1.82, 2.24) is 4.98 Å². The fourth-order valence-electron chi connectivity index (χ4n) is 2.81. The molecule has 20 heavy (non-hydrogen) atoms. The standard InChI is InChI=1S/C16H18FN3/c1-11-4-5-15-12(7-11)3-2-6-20(15)16-13(9-18)8-14(17)10-19-16/h4-5,7-8,10H,2-3,6,9,18H2,1H3. The molecule has 1 aliphatic rings. The molecule has 0 amide bonds. The number of hydrogen-bond donors (Lipinski definition) is 1. The molecule has 0 atom stereocenters. The van der Waals surface area contributed by atoms with Crippen molar-refractivity contribution in [1.29, 1.82) is 0 Å². The first-order chi connectivity index (χ1) is 9.69. The Labute approximate surface area is 118 Å². The summed E-state index contributed by atoms with van der Waals surface area (Å²) in [6, 6.07) is 7.91. The summed E-state index contributed by atoms with van der Waals surface area (Å²) in [6.45, 7) is 3.28. The van der Waals surface area contributed by atoms with Gasteiger partial charge in [0.15, 0.2) is 0 Å². The van der Waals surface area contributed by atoms with E-state index in [9.17, 15) is 4.39 Å². The average Bonchev–Trinajstić information content (AvgIpc) is 2.46. The molecule has 3 nitrogen and oxygen atoms in total. The number of fused-ring (bicyclic) bond motifs is 1. The number of nitrogens with two attached hydrogens (primary N) is 1. The van der Waals surface area contributed by atoms with Crippen LogP contribution in [0.25, 0.3) is 0 Å². The van der Waals surface area contributed by atoms with Gasteiger partial charge in [-0.3, -0.25) is 0 Å². The van der Waals surface area contributed by atoms with Gasteiger partial charge in [0.25, 0.3) is 0 Å². The molecule has 2 aromatic rings. The smallest absolute Gasteiger partial charge is 0.141 e. The third kappa shape index (κ3) is 2.27. The predicted octanol–water partition coefficient (Wildman–Crippen LogP) is 3.07. The molecule has 0 spiro atoms. The first-order valence-electron chi connectivity index (χ1n) is 6.90. The number of halogens is 1. The van der Waals surface area contributed by atoms with Gasteiger partial charge in [0, 0.05) is 24.3 Å². The van der Waals surface area contributed by atoms with Crippen molar-refractivity contribution >= 4 is 11.5 Å². The molecule has 0 bridgehead atoms. The average molecular weight is 271 g/mol. The molecule has 0 radical (unpaired) electrons. The predicted molar refractivity (Wildman–Crippen MR) is 78.6 cm³/mol. The van der Waals surface area contributed by atoms with Crippen molar-refractivity contribution in [2.75, 3.05) is 11.4 Å². The van der Waals surface area contributed by atoms with Crippen molar-refractivity contribution in [2.45, 2.75) is 26.3 Å². The highest BCUT2D eigenvalue weighted by Crippen LogP contribution is 2.34. The maximum atomic E-state index is 13.3. The van der Waals surface area contributed by atoms with Crippen LogP contribution in [0.3, 0.4) is 0 Å². The number of pyridine rings is 1. The molecule has 0 aliphatic carbocycles. The summed E-state index contributed by atoms with van der Waals surface area (Å²) < 4.78 is 13.3. The van der Waals surface area contributed by atoms with Crippen LogP contribution in [0.2, 0.25) is 0 Å². The third-order valence-corrected chi connectivity index (χ3v) is 3.74. The first kappa shape index (κ1) is 13.1. The van der Waals surface area contributed by atoms with Gasteiger partial charge in [-0.25, -0.2) is 9.37 Å². The van der Waals surface area contributed by atoms with E-state index >= 15 is 0 Å². The van der Waals surface area contributed by atoms with Gasteiger partial charge in [0.1, 0.15) is 11.6 Å². The number of aromatic nitrogens is 1. The molecule has 4 heteroatoms. The van der Waals surface area contributed by atoms with Crippen LogP contribution in [-0.4, -0.2) is 11.5 Å². The molecule has 104 valence electrons. The summed E-state index contributed by atoms with van der Waals surface area (Å²) in [5.74, 6) is 0.439. The van der Waals surface area contributed by atoms with E-state index in [-0.39, 0.29) is 12.4 Å². The molecule has 1 aromatic heterocycles. The van der Waals surface area contributed by atoms with Gasteiger partial charge in [-0.1, -0.05) is 17.7 Å². The monoisotopic (exact) mass is 271 g/mol. The fraction of sp³-hybridized carbons (Fsp3) is 0.312. The second-order valence-corrected chi connectivity index (χ2v) is 5.23. The molecule has 1 aromatic carbocycles. The summed E-state index contributed by atoms with van der Waals surface area (Å²) in [4.78, 5) is 6.42. The maximum Gasteiger partial charge on any atom is 0.141 e. The van der Waals surface area contributed by atoms with Crippen LogP contribution in [0.5, 0.6) is 0 Å². The van der Waals surface area contributed by atoms with E-state index in [1.165, 1.54) is 23.4 Å². The number of benzene rings is 1. The third-order valence-electron chi connectivity index (χ3n) is 3.74. The Morgan fingerprint density at radius 3 is 3.00 bits per heavy atom. The van der Waals surface area contributed by atoms with Gasteiger partial charge in [0.05, 0.1) is 6.20 Å². The van der Waals surface area contributed by atoms with Crippen LogP contribution in [-0.2, 0) is 13.0 Å². The minimum Gasteiger partial charge on any atom is -0.326 e. The zero-order chi connectivity index (χ0) is 14.1. The van der Waals surface area contributed by atoms with Gasteiger partial charge in [0.2, 0.25) is 0 Å². The van der Waals surface area contributed by atoms with E-state index < -0.39 is 0 Å². The lowest BCUT2D eigenvalue weighted by Gasteiger charge is -2.32. The Balaban J connectivity index is 2.09. The highest BCUT2D eigenvalue weighted by atomic mass is 19.1. The molecule has 2 N–H and O–H groups in total. The molecule has 1 aliphatic heterocycles. The Kier molecular flexibility index (Phi) is 3.40. The van der Waals surface area contributed by atoms with Crippen LogP contribution in [0.4, 0.5) is 15.9 Å². The molecule has 0 unspecified atom stereocenters. The summed E-state index contributed by atoms with van der Waals surface area (Å²) in [5.41, 5.74) is 10.2. The largest absolute Gasteiger partial charge is 0.326 e. The minimum absolute atomic E-state index is 0.289. The normalized spacial score (nSPS) is 14.2. The van der Waals surface area contributed by atoms with Crippen molar-refractivity contribution in [3.05, 3.63) is 53.0 Å². The number of nitrogens with zero attached hydrogens (tertiary/aromatic N) is 2. The number of anilines is 2. The maximum absolute atomic E-state index is 13.3. The Bertz CT molecular complexity index is 640. The fourth-order valence-corrected chi connectivity index (χ4v) is 2.81. The molecule has 0 saturated carbocycles. The van der Waals surface area contributed by atoms with Gasteiger partial charge >= 0.3 is 0 Å². The Morgan fingerprint density at radius 1 is 1.35 bits per heavy atom. The highest BCUT2D eigenvalue weighted by molar-refractivity contribution is 5.68. The van der Waals surface area contributed by atoms with E-state index in [1.54, 1.807) is 0 Å². The van der Waals surface area contributed by atoms with Crippen LogP contribution in [0, 0.1) is 12.7 Å². The summed E-state index contributed by atoms with van der Waals surface area (Å²) >= 11 is 0. The highest BCUT2D eigenvalue weighted by Gasteiger charge is 2.21. The van der Waals surface area contributed by atoms with Gasteiger partial charge in [-0.05, 0) is 37.5 Å². The number of rotatable bonds is 2. The topological polar surface area (TPSA) is 42.2 Å². The van der Waals surface area contributed by atoms with Crippen molar-refractivity contribution in [3.8, 4) is 0 Å². The van der Waals surface area contributed by atoms with E-state index in [4.69, 9.17) is 5.73 Å². The van der Waals surface area contributed by atoms with Crippen LogP contribution < -0.4 is 10.6 Å². The minimum atomic E-state index is -0.338. The zero-order valence-electron chi connectivity index (χ0n) is 11.6. The van der Waals surface area contributed by atoms with E-state index in [1.807, 2.05) is 0 Å². The molecular weight excluding hydrogens is 253 g/mol. The zero-order valence-corrected chi connectivity index (χ0v) is 11.6. The lowest BCUT2D eigenvalue weighted by atomic mass is 9.99. The summed E-state index contributed by atoms with van der Waals surface area (Å²) in [7, 11) is 0. The second-order valence-electron chi connectivity index (χ2n) is 5.23. The van der Waals surface area contributed by atoms with Crippen LogP contribution >= 0.6 is 0 Å². The molecule has 0 fully saturated rings. The molecule has 2 heterocycles. The van der Waals surface area contributed by atoms with Gasteiger partial charge < -0.3 is 10.6 Å². The summed E-state index contributed by atoms with van der Waals surface area (Å²) in [6.07, 6.45) is 3.41.